The first-order valence-corrected chi connectivity index (χ1v) is 7.31. The van der Waals surface area contributed by atoms with Crippen LogP contribution in [0.5, 0.6) is 0 Å². The maximum absolute atomic E-state index is 11.5. The minimum Gasteiger partial charge on any atom is -0.368 e. The van der Waals surface area contributed by atoms with Gasteiger partial charge in [0.05, 0.1) is 5.39 Å². The molecule has 0 aromatic carbocycles. The fourth-order valence-corrected chi connectivity index (χ4v) is 3.54. The van der Waals surface area contributed by atoms with E-state index in [9.17, 15) is 4.79 Å². The number of anilines is 1. The number of thiophene rings is 1. The van der Waals surface area contributed by atoms with Crippen molar-refractivity contribution in [3.8, 4) is 0 Å². The van der Waals surface area contributed by atoms with E-state index >= 15 is 0 Å². The number of nitrogens with zero attached hydrogens (tertiary/aromatic N) is 3. The second-order valence-corrected chi connectivity index (χ2v) is 5.85. The summed E-state index contributed by atoms with van der Waals surface area (Å²) in [6, 6.07) is 1.90. The van der Waals surface area contributed by atoms with Crippen molar-refractivity contribution in [1.82, 2.24) is 9.97 Å². The summed E-state index contributed by atoms with van der Waals surface area (Å²) in [6.07, 6.45) is 4.35. The fraction of sp³-hybridized carbons (Fsp3) is 0.462. The molecule has 19 heavy (non-hydrogen) atoms. The van der Waals surface area contributed by atoms with Crippen molar-refractivity contribution >= 4 is 33.3 Å². The van der Waals surface area contributed by atoms with Gasteiger partial charge in [-0.1, -0.05) is 6.92 Å². The van der Waals surface area contributed by atoms with Crippen molar-refractivity contribution in [2.45, 2.75) is 32.2 Å². The summed E-state index contributed by atoms with van der Waals surface area (Å²) in [4.78, 5) is 24.5. The van der Waals surface area contributed by atoms with Gasteiger partial charge in [0, 0.05) is 11.4 Å². The van der Waals surface area contributed by atoms with Crippen LogP contribution in [0.15, 0.2) is 12.4 Å². The van der Waals surface area contributed by atoms with Crippen LogP contribution in [0.3, 0.4) is 0 Å². The molecule has 0 aliphatic carbocycles. The minimum absolute atomic E-state index is 0.233. The van der Waals surface area contributed by atoms with E-state index in [-0.39, 0.29) is 11.9 Å². The van der Waals surface area contributed by atoms with Gasteiger partial charge in [-0.25, -0.2) is 9.97 Å². The zero-order valence-corrected chi connectivity index (χ0v) is 11.6. The maximum Gasteiger partial charge on any atom is 0.240 e. The summed E-state index contributed by atoms with van der Waals surface area (Å²) in [5.41, 5.74) is 5.48. The number of hydrogen-bond donors (Lipinski definition) is 1. The first-order valence-electron chi connectivity index (χ1n) is 6.50. The average molecular weight is 276 g/mol. The standard InChI is InChI=1S/C13H16N4OS/c1-2-8-6-9-12(15-7-16-13(9)19-8)17-5-3-4-10(17)11(14)18/h6-7,10H,2-5H2,1H3,(H2,14,18). The van der Waals surface area contributed by atoms with Gasteiger partial charge >= 0.3 is 0 Å². The van der Waals surface area contributed by atoms with Crippen LogP contribution in [0.2, 0.25) is 0 Å². The Morgan fingerprint density at radius 2 is 2.42 bits per heavy atom. The quantitative estimate of drug-likeness (QED) is 0.926. The molecule has 6 heteroatoms. The third kappa shape index (κ3) is 2.06. The van der Waals surface area contributed by atoms with Crippen LogP contribution in [0.4, 0.5) is 5.82 Å². The Hall–Kier alpha value is -1.69. The van der Waals surface area contributed by atoms with Crippen LogP contribution in [-0.4, -0.2) is 28.5 Å². The highest BCUT2D eigenvalue weighted by molar-refractivity contribution is 7.18. The predicted molar refractivity (Wildman–Crippen MR) is 76.4 cm³/mol. The second kappa shape index (κ2) is 4.77. The summed E-state index contributed by atoms with van der Waals surface area (Å²) in [7, 11) is 0. The number of amides is 1. The number of carbonyl (C=O) groups excluding carboxylic acids is 1. The van der Waals surface area contributed by atoms with Crippen LogP contribution >= 0.6 is 11.3 Å². The topological polar surface area (TPSA) is 72.1 Å². The number of rotatable bonds is 3. The van der Waals surface area contributed by atoms with Crippen molar-refractivity contribution in [2.24, 2.45) is 5.73 Å². The molecular formula is C13H16N4OS. The largest absolute Gasteiger partial charge is 0.368 e. The van der Waals surface area contributed by atoms with E-state index in [0.717, 1.165) is 41.8 Å². The molecule has 1 amide bonds. The molecule has 3 rings (SSSR count). The van der Waals surface area contributed by atoms with Gasteiger partial charge in [-0.15, -0.1) is 11.3 Å². The maximum atomic E-state index is 11.5. The third-order valence-electron chi connectivity index (χ3n) is 3.56. The number of primary amides is 1. The lowest BCUT2D eigenvalue weighted by Crippen LogP contribution is -2.40. The Morgan fingerprint density at radius 1 is 1.58 bits per heavy atom. The van der Waals surface area contributed by atoms with Gasteiger partial charge in [0.25, 0.3) is 0 Å². The molecule has 0 saturated carbocycles. The summed E-state index contributed by atoms with van der Waals surface area (Å²) >= 11 is 1.69. The summed E-state index contributed by atoms with van der Waals surface area (Å²) in [5.74, 6) is 0.581. The number of hydrogen-bond acceptors (Lipinski definition) is 5. The Labute approximate surface area is 115 Å². The molecule has 2 N–H and O–H groups in total. The molecule has 2 aromatic rings. The molecular weight excluding hydrogens is 260 g/mol. The van der Waals surface area contributed by atoms with Gasteiger partial charge in [-0.05, 0) is 25.3 Å². The summed E-state index contributed by atoms with van der Waals surface area (Å²) in [6.45, 7) is 2.96. The Morgan fingerprint density at radius 3 is 3.16 bits per heavy atom. The van der Waals surface area contributed by atoms with E-state index in [4.69, 9.17) is 5.73 Å². The van der Waals surface area contributed by atoms with Gasteiger partial charge in [-0.2, -0.15) is 0 Å². The zero-order valence-electron chi connectivity index (χ0n) is 10.8. The van der Waals surface area contributed by atoms with Crippen LogP contribution in [0, 0.1) is 0 Å². The molecule has 1 atom stereocenters. The van der Waals surface area contributed by atoms with Crippen molar-refractivity contribution in [2.75, 3.05) is 11.4 Å². The van der Waals surface area contributed by atoms with Gasteiger partial charge < -0.3 is 10.6 Å². The van der Waals surface area contributed by atoms with Gasteiger partial charge in [0.1, 0.15) is 23.0 Å². The molecule has 100 valence electrons. The Balaban J connectivity index is 2.09. The lowest BCUT2D eigenvalue weighted by Gasteiger charge is -2.23. The smallest absolute Gasteiger partial charge is 0.240 e. The van der Waals surface area contributed by atoms with E-state index in [1.165, 1.54) is 4.88 Å². The van der Waals surface area contributed by atoms with E-state index in [1.807, 2.05) is 4.90 Å². The molecule has 0 radical (unpaired) electrons. The van der Waals surface area contributed by atoms with Crippen molar-refractivity contribution < 1.29 is 4.79 Å². The van der Waals surface area contributed by atoms with Gasteiger partial charge in [-0.3, -0.25) is 4.79 Å². The monoisotopic (exact) mass is 276 g/mol. The SMILES string of the molecule is CCc1cc2c(N3CCCC3C(N)=O)ncnc2s1. The van der Waals surface area contributed by atoms with E-state index in [1.54, 1.807) is 17.7 Å². The zero-order chi connectivity index (χ0) is 13.4. The molecule has 1 aliphatic rings. The highest BCUT2D eigenvalue weighted by Gasteiger charge is 2.31. The lowest BCUT2D eigenvalue weighted by atomic mass is 10.2. The number of nitrogens with two attached hydrogens (primary N) is 1. The van der Waals surface area contributed by atoms with Gasteiger partial charge in [0.2, 0.25) is 5.91 Å². The molecule has 1 aliphatic heterocycles. The molecule has 1 unspecified atom stereocenters. The van der Waals surface area contributed by atoms with Crippen LogP contribution < -0.4 is 10.6 Å². The number of carbonyl (C=O) groups is 1. The summed E-state index contributed by atoms with van der Waals surface area (Å²) in [5, 5.41) is 1.04. The molecule has 5 nitrogen and oxygen atoms in total. The van der Waals surface area contributed by atoms with E-state index in [2.05, 4.69) is 23.0 Å². The molecule has 1 fully saturated rings. The van der Waals surface area contributed by atoms with Crippen LogP contribution in [0.1, 0.15) is 24.6 Å². The second-order valence-electron chi connectivity index (χ2n) is 4.74. The normalized spacial score (nSPS) is 19.2. The predicted octanol–water partition coefficient (Wildman–Crippen LogP) is 1.71. The fourth-order valence-electron chi connectivity index (χ4n) is 2.61. The van der Waals surface area contributed by atoms with E-state index < -0.39 is 0 Å². The molecule has 3 heterocycles. The highest BCUT2D eigenvalue weighted by atomic mass is 32.1. The van der Waals surface area contributed by atoms with E-state index in [0.29, 0.717) is 0 Å². The Kier molecular flexibility index (Phi) is 3.10. The van der Waals surface area contributed by atoms with Crippen molar-refractivity contribution in [3.05, 3.63) is 17.3 Å². The van der Waals surface area contributed by atoms with Crippen LogP contribution in [0.25, 0.3) is 10.2 Å². The number of aryl methyl sites for hydroxylation is 1. The third-order valence-corrected chi connectivity index (χ3v) is 4.75. The first kappa shape index (κ1) is 12.3. The van der Waals surface area contributed by atoms with Crippen molar-refractivity contribution in [3.63, 3.8) is 0 Å². The van der Waals surface area contributed by atoms with Crippen molar-refractivity contribution in [1.29, 1.82) is 0 Å². The molecule has 1 saturated heterocycles. The first-order chi connectivity index (χ1) is 9.20. The average Bonchev–Trinajstić information content (AvgIpc) is 3.04. The molecule has 0 spiro atoms. The highest BCUT2D eigenvalue weighted by Crippen LogP contribution is 2.33. The lowest BCUT2D eigenvalue weighted by molar-refractivity contribution is -0.119. The minimum atomic E-state index is -0.268. The Bertz CT molecular complexity index is 624. The summed E-state index contributed by atoms with van der Waals surface area (Å²) < 4.78 is 0. The van der Waals surface area contributed by atoms with Gasteiger partial charge in [0.15, 0.2) is 0 Å². The number of aromatic nitrogens is 2. The number of fused-ring (bicyclic) bond motifs is 1. The molecule has 0 bridgehead atoms. The van der Waals surface area contributed by atoms with Crippen LogP contribution in [-0.2, 0) is 11.2 Å². The molecule has 2 aromatic heterocycles.